The van der Waals surface area contributed by atoms with Gasteiger partial charge in [0.2, 0.25) is 0 Å². The van der Waals surface area contributed by atoms with Gasteiger partial charge in [0, 0.05) is 19.7 Å². The molecule has 0 saturated carbocycles. The van der Waals surface area contributed by atoms with Crippen molar-refractivity contribution in [3.05, 3.63) is 0 Å². The summed E-state index contributed by atoms with van der Waals surface area (Å²) in [4.78, 5) is 13.9. The molecule has 0 spiro atoms. The van der Waals surface area contributed by atoms with Gasteiger partial charge in [0.25, 0.3) is 0 Å². The third-order valence-electron chi connectivity index (χ3n) is 2.84. The molecular weight excluding hydrogens is 232 g/mol. The SMILES string of the molecule is CCCNC(CN(C)C(C)COC)C(=O)OCC. The molecule has 0 heterocycles. The summed E-state index contributed by atoms with van der Waals surface area (Å²) in [6.07, 6.45) is 0.993. The van der Waals surface area contributed by atoms with Crippen LogP contribution < -0.4 is 5.32 Å². The first-order valence-electron chi connectivity index (χ1n) is 6.65. The van der Waals surface area contributed by atoms with Gasteiger partial charge in [-0.05, 0) is 33.9 Å². The highest BCUT2D eigenvalue weighted by molar-refractivity contribution is 5.76. The number of hydrogen-bond donors (Lipinski definition) is 1. The highest BCUT2D eigenvalue weighted by atomic mass is 16.5. The molecule has 5 nitrogen and oxygen atoms in total. The first-order valence-corrected chi connectivity index (χ1v) is 6.65. The largest absolute Gasteiger partial charge is 0.465 e. The number of ether oxygens (including phenoxy) is 2. The molecule has 108 valence electrons. The Bertz CT molecular complexity index is 224. The molecule has 0 saturated heterocycles. The number of rotatable bonds is 10. The second-order valence-corrected chi connectivity index (χ2v) is 4.50. The molecule has 18 heavy (non-hydrogen) atoms. The summed E-state index contributed by atoms with van der Waals surface area (Å²) in [6.45, 7) is 8.49. The van der Waals surface area contributed by atoms with Crippen LogP contribution in [-0.2, 0) is 14.3 Å². The van der Waals surface area contributed by atoms with Crippen LogP contribution in [0.1, 0.15) is 27.2 Å². The van der Waals surface area contributed by atoms with Gasteiger partial charge in [-0.2, -0.15) is 0 Å². The van der Waals surface area contributed by atoms with Crippen molar-refractivity contribution in [1.82, 2.24) is 10.2 Å². The Morgan fingerprint density at radius 1 is 1.39 bits per heavy atom. The predicted molar refractivity (Wildman–Crippen MR) is 72.7 cm³/mol. The van der Waals surface area contributed by atoms with Crippen LogP contribution in [0.3, 0.4) is 0 Å². The van der Waals surface area contributed by atoms with Gasteiger partial charge in [-0.25, -0.2) is 0 Å². The molecular formula is C13H28N2O3. The molecule has 1 N–H and O–H groups in total. The number of carbonyl (C=O) groups excluding carboxylic acids is 1. The van der Waals surface area contributed by atoms with Crippen molar-refractivity contribution in [2.45, 2.75) is 39.3 Å². The molecule has 0 amide bonds. The molecule has 0 rings (SSSR count). The number of methoxy groups -OCH3 is 1. The van der Waals surface area contributed by atoms with Gasteiger partial charge in [-0.15, -0.1) is 0 Å². The molecule has 0 aromatic carbocycles. The Kier molecular flexibility index (Phi) is 9.92. The third kappa shape index (κ3) is 6.93. The lowest BCUT2D eigenvalue weighted by Gasteiger charge is -2.28. The van der Waals surface area contributed by atoms with Crippen LogP contribution in [0, 0.1) is 0 Å². The van der Waals surface area contributed by atoms with E-state index in [1.54, 1.807) is 7.11 Å². The van der Waals surface area contributed by atoms with E-state index in [0.29, 0.717) is 19.8 Å². The molecule has 0 aromatic rings. The van der Waals surface area contributed by atoms with E-state index in [2.05, 4.69) is 24.1 Å². The molecule has 0 aromatic heterocycles. The van der Waals surface area contributed by atoms with E-state index in [4.69, 9.17) is 9.47 Å². The fraction of sp³-hybridized carbons (Fsp3) is 0.923. The Hall–Kier alpha value is -0.650. The van der Waals surface area contributed by atoms with E-state index >= 15 is 0 Å². The predicted octanol–water partition coefficient (Wildman–Crippen LogP) is 0.884. The normalized spacial score (nSPS) is 14.6. The highest BCUT2D eigenvalue weighted by Gasteiger charge is 2.22. The number of hydrogen-bond acceptors (Lipinski definition) is 5. The zero-order chi connectivity index (χ0) is 14.0. The van der Waals surface area contributed by atoms with Crippen molar-refractivity contribution in [2.24, 2.45) is 0 Å². The maximum absolute atomic E-state index is 11.8. The minimum atomic E-state index is -0.269. The zero-order valence-electron chi connectivity index (χ0n) is 12.4. The molecule has 0 aliphatic heterocycles. The summed E-state index contributed by atoms with van der Waals surface area (Å²) >= 11 is 0. The van der Waals surface area contributed by atoms with Gasteiger partial charge in [0.05, 0.1) is 13.2 Å². The van der Waals surface area contributed by atoms with Crippen molar-refractivity contribution in [3.63, 3.8) is 0 Å². The fourth-order valence-electron chi connectivity index (χ4n) is 1.62. The van der Waals surface area contributed by atoms with Crippen LogP contribution in [0.5, 0.6) is 0 Å². The van der Waals surface area contributed by atoms with E-state index in [-0.39, 0.29) is 18.1 Å². The van der Waals surface area contributed by atoms with Crippen molar-refractivity contribution >= 4 is 5.97 Å². The minimum absolute atomic E-state index is 0.178. The van der Waals surface area contributed by atoms with Gasteiger partial charge >= 0.3 is 5.97 Å². The second-order valence-electron chi connectivity index (χ2n) is 4.50. The van der Waals surface area contributed by atoms with E-state index in [1.165, 1.54) is 0 Å². The Morgan fingerprint density at radius 3 is 2.56 bits per heavy atom. The number of esters is 1. The molecule has 0 radical (unpaired) electrons. The Morgan fingerprint density at radius 2 is 2.06 bits per heavy atom. The fourth-order valence-corrected chi connectivity index (χ4v) is 1.62. The lowest BCUT2D eigenvalue weighted by Crippen LogP contribution is -2.49. The number of carbonyl (C=O) groups is 1. The van der Waals surface area contributed by atoms with Crippen LogP contribution in [0.4, 0.5) is 0 Å². The molecule has 0 bridgehead atoms. The molecule has 0 aliphatic rings. The van der Waals surface area contributed by atoms with Crippen molar-refractivity contribution in [3.8, 4) is 0 Å². The first-order chi connectivity index (χ1) is 8.56. The molecule has 0 fully saturated rings. The molecule has 0 aliphatic carbocycles. The van der Waals surface area contributed by atoms with Gasteiger partial charge in [-0.1, -0.05) is 6.92 Å². The van der Waals surface area contributed by atoms with E-state index < -0.39 is 0 Å². The van der Waals surface area contributed by atoms with Crippen LogP contribution in [0.15, 0.2) is 0 Å². The minimum Gasteiger partial charge on any atom is -0.465 e. The maximum atomic E-state index is 11.8. The summed E-state index contributed by atoms with van der Waals surface area (Å²) in [5.74, 6) is -0.178. The van der Waals surface area contributed by atoms with Crippen molar-refractivity contribution in [2.75, 3.05) is 40.5 Å². The van der Waals surface area contributed by atoms with Crippen LogP contribution in [0.25, 0.3) is 0 Å². The highest BCUT2D eigenvalue weighted by Crippen LogP contribution is 2.00. The second kappa shape index (κ2) is 10.3. The van der Waals surface area contributed by atoms with Gasteiger partial charge in [0.15, 0.2) is 0 Å². The van der Waals surface area contributed by atoms with Crippen molar-refractivity contribution < 1.29 is 14.3 Å². The standard InChI is InChI=1S/C13H28N2O3/c1-6-8-14-12(13(16)18-7-2)9-15(4)11(3)10-17-5/h11-12,14H,6-10H2,1-5H3. The number of nitrogens with one attached hydrogen (secondary N) is 1. The summed E-state index contributed by atoms with van der Waals surface area (Å²) < 4.78 is 10.2. The van der Waals surface area contributed by atoms with Crippen LogP contribution in [-0.4, -0.2) is 63.4 Å². The summed E-state index contributed by atoms with van der Waals surface area (Å²) in [6, 6.07) is 0.00422. The Labute approximate surface area is 111 Å². The summed E-state index contributed by atoms with van der Waals surface area (Å²) in [7, 11) is 3.67. The lowest BCUT2D eigenvalue weighted by molar-refractivity contribution is -0.146. The smallest absolute Gasteiger partial charge is 0.324 e. The van der Waals surface area contributed by atoms with Crippen LogP contribution >= 0.6 is 0 Å². The molecule has 2 unspecified atom stereocenters. The van der Waals surface area contributed by atoms with E-state index in [1.807, 2.05) is 14.0 Å². The van der Waals surface area contributed by atoms with E-state index in [0.717, 1.165) is 13.0 Å². The maximum Gasteiger partial charge on any atom is 0.324 e. The monoisotopic (exact) mass is 260 g/mol. The quantitative estimate of drug-likeness (QED) is 0.591. The van der Waals surface area contributed by atoms with E-state index in [9.17, 15) is 4.79 Å². The van der Waals surface area contributed by atoms with Crippen LogP contribution in [0.2, 0.25) is 0 Å². The number of likely N-dealkylation sites (N-methyl/N-ethyl adjacent to an activating group) is 1. The lowest BCUT2D eigenvalue weighted by atomic mass is 10.2. The average Bonchev–Trinajstić information content (AvgIpc) is 2.34. The van der Waals surface area contributed by atoms with Gasteiger partial charge in [-0.3, -0.25) is 9.69 Å². The number of nitrogens with zero attached hydrogens (tertiary/aromatic N) is 1. The molecule has 2 atom stereocenters. The van der Waals surface area contributed by atoms with Crippen molar-refractivity contribution in [1.29, 1.82) is 0 Å². The summed E-state index contributed by atoms with van der Waals surface area (Å²) in [5.41, 5.74) is 0. The van der Waals surface area contributed by atoms with Gasteiger partial charge < -0.3 is 14.8 Å². The Balaban J connectivity index is 4.33. The molecule has 5 heteroatoms. The van der Waals surface area contributed by atoms with Gasteiger partial charge in [0.1, 0.15) is 6.04 Å². The topological polar surface area (TPSA) is 50.8 Å². The summed E-state index contributed by atoms with van der Waals surface area (Å²) in [5, 5.41) is 3.22. The zero-order valence-corrected chi connectivity index (χ0v) is 12.4. The third-order valence-corrected chi connectivity index (χ3v) is 2.84. The average molecular weight is 260 g/mol. The first kappa shape index (κ1) is 17.4.